The first-order valence-electron chi connectivity index (χ1n) is 10.8. The van der Waals surface area contributed by atoms with Crippen molar-refractivity contribution in [2.45, 2.75) is 38.6 Å². The largest absolute Gasteiger partial charge is 0.521 e. The Hall–Kier alpha value is -3.85. The van der Waals surface area contributed by atoms with E-state index < -0.39 is 29.7 Å². The molecule has 9 nitrogen and oxygen atoms in total. The molecule has 35 heavy (non-hydrogen) atoms. The third kappa shape index (κ3) is 7.86. The fourth-order valence-electron chi connectivity index (χ4n) is 3.35. The van der Waals surface area contributed by atoms with Gasteiger partial charge in [-0.3, -0.25) is 14.4 Å². The lowest BCUT2D eigenvalue weighted by atomic mass is 9.99. The number of rotatable bonds is 10. The number of hydrogen-bond acceptors (Lipinski definition) is 8. The number of esters is 2. The van der Waals surface area contributed by atoms with E-state index in [1.807, 2.05) is 42.5 Å². The molecule has 0 radical (unpaired) electrons. The molecular formula is C25H24ClNO8. The topological polar surface area (TPSA) is 125 Å². The first kappa shape index (κ1) is 25.8. The zero-order valence-electron chi connectivity index (χ0n) is 19.2. The molecule has 0 spiro atoms. The van der Waals surface area contributed by atoms with Gasteiger partial charge in [0.05, 0.1) is 20.0 Å². The Morgan fingerprint density at radius 1 is 1.00 bits per heavy atom. The van der Waals surface area contributed by atoms with Gasteiger partial charge in [0.15, 0.2) is 5.76 Å². The van der Waals surface area contributed by atoms with E-state index in [2.05, 4.69) is 14.5 Å². The summed E-state index contributed by atoms with van der Waals surface area (Å²) >= 11 is 6.07. The zero-order valence-corrected chi connectivity index (χ0v) is 19.9. The van der Waals surface area contributed by atoms with Gasteiger partial charge in [0.1, 0.15) is 0 Å². The number of ether oxygens (including phenoxy) is 2. The average Bonchev–Trinajstić information content (AvgIpc) is 3.13. The summed E-state index contributed by atoms with van der Waals surface area (Å²) < 4.78 is 19.0. The van der Waals surface area contributed by atoms with Crippen LogP contribution in [0.15, 0.2) is 62.2 Å². The van der Waals surface area contributed by atoms with Gasteiger partial charge in [-0.25, -0.2) is 4.79 Å². The second kappa shape index (κ2) is 12.0. The van der Waals surface area contributed by atoms with Crippen LogP contribution in [-0.4, -0.2) is 31.0 Å². The highest BCUT2D eigenvalue weighted by atomic mass is 35.5. The summed E-state index contributed by atoms with van der Waals surface area (Å²) in [6, 6.07) is 14.4. The zero-order chi connectivity index (χ0) is 25.4. The van der Waals surface area contributed by atoms with Crippen LogP contribution in [0.5, 0.6) is 5.95 Å². The number of benzene rings is 2. The maximum absolute atomic E-state index is 12.5. The minimum Gasteiger partial charge on any atom is -0.469 e. The van der Waals surface area contributed by atoms with E-state index in [9.17, 15) is 19.2 Å². The van der Waals surface area contributed by atoms with Gasteiger partial charge in [-0.15, -0.1) is 0 Å². The molecule has 0 saturated carbocycles. The van der Waals surface area contributed by atoms with Crippen LogP contribution in [0.25, 0.3) is 11.1 Å². The first-order valence-corrected chi connectivity index (χ1v) is 11.1. The Morgan fingerprint density at radius 3 is 2.37 bits per heavy atom. The minimum atomic E-state index is -0.988. The molecule has 0 unspecified atom stereocenters. The Balaban J connectivity index is 1.70. The Morgan fingerprint density at radius 2 is 1.74 bits per heavy atom. The predicted octanol–water partition coefficient (Wildman–Crippen LogP) is 3.84. The Kier molecular flexibility index (Phi) is 8.86. The van der Waals surface area contributed by atoms with Gasteiger partial charge in [-0.05, 0) is 35.2 Å². The molecule has 1 aromatic heterocycles. The van der Waals surface area contributed by atoms with E-state index in [1.165, 1.54) is 14.0 Å². The first-order chi connectivity index (χ1) is 16.7. The van der Waals surface area contributed by atoms with Crippen molar-refractivity contribution in [1.82, 2.24) is 5.32 Å². The lowest BCUT2D eigenvalue weighted by Gasteiger charge is -2.18. The van der Waals surface area contributed by atoms with Crippen LogP contribution in [0.4, 0.5) is 0 Å². The van der Waals surface area contributed by atoms with Crippen molar-refractivity contribution in [3.05, 3.63) is 75.5 Å². The van der Waals surface area contributed by atoms with Crippen LogP contribution >= 0.6 is 11.6 Å². The number of methoxy groups -OCH3 is 1. The molecule has 0 bridgehead atoms. The number of carbonyl (C=O) groups is 3. The highest BCUT2D eigenvalue weighted by molar-refractivity contribution is 6.30. The third-order valence-corrected chi connectivity index (χ3v) is 5.30. The molecule has 1 heterocycles. The quantitative estimate of drug-likeness (QED) is 0.415. The Bertz CT molecular complexity index is 1240. The summed E-state index contributed by atoms with van der Waals surface area (Å²) in [5, 5.41) is 3.38. The van der Waals surface area contributed by atoms with E-state index in [1.54, 1.807) is 6.07 Å². The third-order valence-electron chi connectivity index (χ3n) is 5.06. The summed E-state index contributed by atoms with van der Waals surface area (Å²) in [5.41, 5.74) is 2.77. The molecule has 3 aromatic rings. The molecule has 184 valence electrons. The standard InChI is InChI=1S/C25H24ClNO8/c1-15-24(35-25(31)33-15)34-23(30)14-20(27-21(28)10-11-22(29)32-2)12-16-6-8-17(9-7-16)18-4-3-5-19(26)13-18/h3-9,13,20H,10-12,14H2,1-2H3,(H,27,28)/t20-/m1/s1. The molecular weight excluding hydrogens is 478 g/mol. The van der Waals surface area contributed by atoms with Crippen LogP contribution in [0, 0.1) is 6.92 Å². The molecule has 10 heteroatoms. The van der Waals surface area contributed by atoms with E-state index in [-0.39, 0.29) is 31.0 Å². The lowest BCUT2D eigenvalue weighted by Crippen LogP contribution is -2.39. The van der Waals surface area contributed by atoms with Crippen LogP contribution in [0.3, 0.4) is 0 Å². The highest BCUT2D eigenvalue weighted by Crippen LogP contribution is 2.23. The second-order valence-electron chi connectivity index (χ2n) is 7.73. The van der Waals surface area contributed by atoms with Crippen molar-refractivity contribution < 1.29 is 32.7 Å². The van der Waals surface area contributed by atoms with Gasteiger partial charge in [0, 0.05) is 24.4 Å². The number of nitrogens with one attached hydrogen (secondary N) is 1. The molecule has 0 saturated heterocycles. The van der Waals surface area contributed by atoms with Crippen LogP contribution in [-0.2, 0) is 25.5 Å². The number of aryl methyl sites for hydroxylation is 1. The number of halogens is 1. The van der Waals surface area contributed by atoms with Crippen molar-refractivity contribution in [1.29, 1.82) is 0 Å². The molecule has 0 aliphatic rings. The summed E-state index contributed by atoms with van der Waals surface area (Å²) in [6.45, 7) is 1.42. The molecule has 1 atom stereocenters. The van der Waals surface area contributed by atoms with Gasteiger partial charge in [0.25, 0.3) is 0 Å². The number of amides is 1. The maximum Gasteiger partial charge on any atom is 0.521 e. The smallest absolute Gasteiger partial charge is 0.469 e. The van der Waals surface area contributed by atoms with Gasteiger partial charge in [-0.1, -0.05) is 48.0 Å². The van der Waals surface area contributed by atoms with Gasteiger partial charge >= 0.3 is 23.7 Å². The molecule has 0 fully saturated rings. The molecule has 0 aliphatic heterocycles. The maximum atomic E-state index is 12.5. The summed E-state index contributed by atoms with van der Waals surface area (Å²) in [5.74, 6) is -2.96. The fourth-order valence-corrected chi connectivity index (χ4v) is 3.54. The molecule has 2 aromatic carbocycles. The SMILES string of the molecule is COC(=O)CCC(=O)N[C@@H](CC(=O)Oc1oc(=O)oc1C)Cc1ccc(-c2cccc(Cl)c2)cc1. The Labute approximate surface area is 206 Å². The van der Waals surface area contributed by atoms with Crippen LogP contribution < -0.4 is 15.9 Å². The monoisotopic (exact) mass is 501 g/mol. The van der Waals surface area contributed by atoms with Gasteiger partial charge < -0.3 is 23.6 Å². The van der Waals surface area contributed by atoms with E-state index in [0.717, 1.165) is 16.7 Å². The minimum absolute atomic E-state index is 0.0265. The van der Waals surface area contributed by atoms with Crippen molar-refractivity contribution in [3.63, 3.8) is 0 Å². The number of carbonyl (C=O) groups excluding carboxylic acids is 3. The second-order valence-corrected chi connectivity index (χ2v) is 8.16. The van der Waals surface area contributed by atoms with E-state index in [0.29, 0.717) is 11.4 Å². The number of hydrogen-bond donors (Lipinski definition) is 1. The molecule has 1 N–H and O–H groups in total. The normalized spacial score (nSPS) is 11.5. The fraction of sp³-hybridized carbons (Fsp3) is 0.280. The summed E-state index contributed by atoms with van der Waals surface area (Å²) in [7, 11) is 1.24. The molecule has 0 aliphatic carbocycles. The van der Waals surface area contributed by atoms with Crippen molar-refractivity contribution >= 4 is 29.4 Å². The molecule has 3 rings (SSSR count). The highest BCUT2D eigenvalue weighted by Gasteiger charge is 2.22. The van der Waals surface area contributed by atoms with Crippen LogP contribution in [0.1, 0.15) is 30.6 Å². The predicted molar refractivity (Wildman–Crippen MR) is 126 cm³/mol. The average molecular weight is 502 g/mol. The van der Waals surface area contributed by atoms with Crippen LogP contribution in [0.2, 0.25) is 5.02 Å². The van der Waals surface area contributed by atoms with Crippen molar-refractivity contribution in [2.24, 2.45) is 0 Å². The van der Waals surface area contributed by atoms with Gasteiger partial charge in [0.2, 0.25) is 5.91 Å². The lowest BCUT2D eigenvalue weighted by molar-refractivity contribution is -0.142. The van der Waals surface area contributed by atoms with E-state index in [4.69, 9.17) is 20.8 Å². The van der Waals surface area contributed by atoms with Crippen molar-refractivity contribution in [2.75, 3.05) is 7.11 Å². The van der Waals surface area contributed by atoms with Gasteiger partial charge in [-0.2, -0.15) is 0 Å². The summed E-state index contributed by atoms with van der Waals surface area (Å²) in [4.78, 5) is 47.4. The van der Waals surface area contributed by atoms with Crippen molar-refractivity contribution in [3.8, 4) is 17.1 Å². The summed E-state index contributed by atoms with van der Waals surface area (Å²) in [6.07, 6.45) is -0.0909. The molecule has 1 amide bonds. The van der Waals surface area contributed by atoms with E-state index >= 15 is 0 Å².